The van der Waals surface area contributed by atoms with E-state index < -0.39 is 95.6 Å². The van der Waals surface area contributed by atoms with Crippen LogP contribution in [0.2, 0.25) is 0 Å². The van der Waals surface area contributed by atoms with E-state index in [-0.39, 0.29) is 47.8 Å². The second-order valence-electron chi connectivity index (χ2n) is 12.4. The van der Waals surface area contributed by atoms with Gasteiger partial charge in [0.2, 0.25) is 16.9 Å². The summed E-state index contributed by atoms with van der Waals surface area (Å²) in [4.78, 5) is 97.8. The van der Waals surface area contributed by atoms with Gasteiger partial charge in [0.15, 0.2) is 17.7 Å². The molecule has 0 radical (unpaired) electrons. The Morgan fingerprint density at radius 3 is 2.38 bits per heavy atom. The molecule has 1 saturated heterocycles. The number of rotatable bonds is 21. The van der Waals surface area contributed by atoms with Crippen LogP contribution in [0.5, 0.6) is 0 Å². The van der Waals surface area contributed by atoms with Crippen molar-refractivity contribution in [2.24, 2.45) is 5.41 Å². The number of fused-ring (bicyclic) bond motifs is 1. The van der Waals surface area contributed by atoms with Gasteiger partial charge in [0.1, 0.15) is 36.3 Å². The van der Waals surface area contributed by atoms with Crippen molar-refractivity contribution in [3.05, 3.63) is 24.3 Å². The smallest absolute Gasteiger partial charge is 0.478 e. The maximum Gasteiger partial charge on any atom is 0.481 e. The fourth-order valence-corrected chi connectivity index (χ4v) is 8.06. The molecule has 30 heteroatoms. The van der Waals surface area contributed by atoms with Crippen LogP contribution in [0.15, 0.2) is 24.3 Å². The maximum absolute atomic E-state index is 12.7. The Balaban J connectivity index is 1.49. The summed E-state index contributed by atoms with van der Waals surface area (Å²) in [6.07, 6.45) is -6.18. The van der Waals surface area contributed by atoms with Crippen molar-refractivity contribution < 1.29 is 90.4 Å². The molecule has 0 aliphatic carbocycles. The molecule has 2 aromatic rings. The summed E-state index contributed by atoms with van der Waals surface area (Å²) in [5, 5.41) is 34.4. The topological polar surface area (TPSA) is 401 Å². The molecule has 26 nitrogen and oxygen atoms in total. The summed E-state index contributed by atoms with van der Waals surface area (Å²) in [5.74, 6) is -2.72. The molecule has 2 aromatic heterocycles. The van der Waals surface area contributed by atoms with Gasteiger partial charge in [0.05, 0.1) is 19.5 Å². The maximum atomic E-state index is 12.7. The van der Waals surface area contributed by atoms with Crippen LogP contribution >= 0.6 is 35.2 Å². The number of nitrogens with two attached hydrogens (primary N) is 1. The minimum absolute atomic E-state index is 0.0182. The third-order valence-corrected chi connectivity index (χ3v) is 11.3. The summed E-state index contributed by atoms with van der Waals surface area (Å²) in [5.41, 5.74) is 4.04. The number of phosphoric ester groups is 3. The first-order chi connectivity index (χ1) is 25.8. The number of thioether (sulfide) groups is 1. The minimum Gasteiger partial charge on any atom is -0.478 e. The lowest BCUT2D eigenvalue weighted by Crippen LogP contribution is -2.46. The molecule has 0 aromatic carbocycles. The van der Waals surface area contributed by atoms with Gasteiger partial charge in [-0.2, -0.15) is 4.31 Å². The Hall–Kier alpha value is -3.23. The second kappa shape index (κ2) is 19.5. The predicted octanol–water partition coefficient (Wildman–Crippen LogP) is -1.30. The average Bonchev–Trinajstić information content (AvgIpc) is 3.64. The fraction of sp³-hybridized carbons (Fsp3) is 0.577. The third-order valence-electron chi connectivity index (χ3n) is 7.42. The number of phosphoric acid groups is 3. The number of nitrogen functional groups attached to an aromatic ring is 1. The predicted molar refractivity (Wildman–Crippen MR) is 188 cm³/mol. The van der Waals surface area contributed by atoms with E-state index in [0.29, 0.717) is 0 Å². The highest BCUT2D eigenvalue weighted by molar-refractivity contribution is 8.14. The van der Waals surface area contributed by atoms with Crippen molar-refractivity contribution in [2.75, 3.05) is 37.8 Å². The number of aliphatic hydroxyl groups is 2. The molecule has 1 fully saturated rings. The summed E-state index contributed by atoms with van der Waals surface area (Å²) in [6, 6.07) is 0. The van der Waals surface area contributed by atoms with Gasteiger partial charge in [-0.15, -0.1) is 0 Å². The lowest BCUT2D eigenvalue weighted by Gasteiger charge is -2.30. The average molecular weight is 880 g/mol. The van der Waals surface area contributed by atoms with Crippen LogP contribution in [0.25, 0.3) is 11.2 Å². The Bertz CT molecular complexity index is 1940. The monoisotopic (exact) mass is 879 g/mol. The number of amides is 2. The molecule has 2 unspecified atom stereocenters. The van der Waals surface area contributed by atoms with E-state index in [1.807, 2.05) is 0 Å². The number of carbonyl (C=O) groups is 4. The number of carbonyl (C=O) groups excluding carboxylic acids is 3. The number of aliphatic hydroxyl groups excluding tert-OH is 2. The first-order valence-corrected chi connectivity index (χ1v) is 21.3. The van der Waals surface area contributed by atoms with E-state index in [4.69, 9.17) is 24.6 Å². The number of ether oxygens (including phenoxy) is 1. The summed E-state index contributed by atoms with van der Waals surface area (Å²) < 4.78 is 61.9. The molecule has 0 spiro atoms. The van der Waals surface area contributed by atoms with Gasteiger partial charge >= 0.3 is 29.4 Å². The van der Waals surface area contributed by atoms with Crippen molar-refractivity contribution in [1.82, 2.24) is 30.2 Å². The molecule has 314 valence electrons. The largest absolute Gasteiger partial charge is 0.481 e. The minimum atomic E-state index is -5.59. The Labute approximate surface area is 320 Å². The van der Waals surface area contributed by atoms with Crippen LogP contribution < -0.4 is 16.4 Å². The number of hydrogen-bond acceptors (Lipinski definition) is 19. The van der Waals surface area contributed by atoms with Gasteiger partial charge in [0, 0.05) is 42.3 Å². The highest BCUT2D eigenvalue weighted by Gasteiger charge is 2.50. The van der Waals surface area contributed by atoms with Crippen molar-refractivity contribution in [3.8, 4) is 0 Å². The molecule has 1 aliphatic heterocycles. The molecule has 1 aliphatic rings. The molecule has 3 heterocycles. The molecule has 2 amide bonds. The molecular formula is C26H40N7O19P3S. The lowest BCUT2D eigenvalue weighted by atomic mass is 9.87. The summed E-state index contributed by atoms with van der Waals surface area (Å²) in [7, 11) is -16.4. The van der Waals surface area contributed by atoms with Crippen LogP contribution in [0.1, 0.15) is 33.4 Å². The lowest BCUT2D eigenvalue weighted by molar-refractivity contribution is -0.137. The molecule has 7 atom stereocenters. The number of nitrogens with one attached hydrogen (secondary N) is 2. The van der Waals surface area contributed by atoms with E-state index in [1.165, 1.54) is 20.8 Å². The van der Waals surface area contributed by atoms with Gasteiger partial charge in [-0.3, -0.25) is 32.5 Å². The number of nitrogens with zero attached hydrogens (tertiary/aromatic N) is 4. The zero-order valence-corrected chi connectivity index (χ0v) is 33.0. The van der Waals surface area contributed by atoms with E-state index in [2.05, 4.69) is 34.4 Å². The highest BCUT2D eigenvalue weighted by atomic mass is 32.2. The van der Waals surface area contributed by atoms with E-state index >= 15 is 0 Å². The first-order valence-electron chi connectivity index (χ1n) is 15.8. The van der Waals surface area contributed by atoms with Crippen LogP contribution in [-0.4, -0.2) is 134 Å². The Morgan fingerprint density at radius 2 is 1.73 bits per heavy atom. The summed E-state index contributed by atoms with van der Waals surface area (Å²) >= 11 is 0.776. The van der Waals surface area contributed by atoms with Crippen molar-refractivity contribution in [3.63, 3.8) is 0 Å². The molecule has 3 rings (SSSR count). The van der Waals surface area contributed by atoms with Gasteiger partial charge in [-0.1, -0.05) is 25.6 Å². The quantitative estimate of drug-likeness (QED) is 0.0395. The van der Waals surface area contributed by atoms with Gasteiger partial charge in [0.25, 0.3) is 0 Å². The molecule has 0 saturated carbocycles. The highest BCUT2D eigenvalue weighted by Crippen LogP contribution is 2.61. The van der Waals surface area contributed by atoms with E-state index in [1.54, 1.807) is 0 Å². The van der Waals surface area contributed by atoms with Crippen LogP contribution in [0, 0.1) is 5.41 Å². The summed E-state index contributed by atoms with van der Waals surface area (Å²) in [6.45, 7) is 1.40. The number of aromatic nitrogens is 4. The number of anilines is 1. The van der Waals surface area contributed by atoms with Crippen molar-refractivity contribution in [2.45, 2.75) is 57.8 Å². The van der Waals surface area contributed by atoms with Gasteiger partial charge in [-0.05, 0) is 6.92 Å². The molecular weight excluding hydrogens is 839 g/mol. The molecule has 56 heavy (non-hydrogen) atoms. The van der Waals surface area contributed by atoms with Crippen LogP contribution in [-0.2, 0) is 55.5 Å². The SMILES string of the molecule is C/C(=C/C(=O)SCCNC(=O)CCNC(=O)[C@H](O)C(C)(C)COP(=O)(O)OP(=O)(O)OC[C@H]1O[C@@H](n2cnc3c(N)ncnc32)[C@H](O)[C@@H]1OP(=O)(O)O)C(=O)O. The van der Waals surface area contributed by atoms with Crippen LogP contribution in [0.4, 0.5) is 5.82 Å². The zero-order chi connectivity index (χ0) is 42.2. The second-order valence-corrected chi connectivity index (χ2v) is 17.7. The van der Waals surface area contributed by atoms with E-state index in [9.17, 15) is 62.7 Å². The number of carboxylic acids is 1. The normalized spacial score (nSPS) is 21.9. The fourth-order valence-electron chi connectivity index (χ4n) is 4.56. The third kappa shape index (κ3) is 14.0. The Kier molecular flexibility index (Phi) is 16.4. The van der Waals surface area contributed by atoms with Crippen molar-refractivity contribution >= 4 is 75.1 Å². The zero-order valence-electron chi connectivity index (χ0n) is 29.5. The Morgan fingerprint density at radius 1 is 1.07 bits per heavy atom. The van der Waals surface area contributed by atoms with Crippen molar-refractivity contribution in [1.29, 1.82) is 0 Å². The molecule has 0 bridgehead atoms. The number of imidazole rings is 1. The van der Waals surface area contributed by atoms with Gasteiger partial charge in [-0.25, -0.2) is 33.4 Å². The van der Waals surface area contributed by atoms with Gasteiger partial charge < -0.3 is 56.0 Å². The number of hydrogen-bond donors (Lipinski definition) is 10. The first kappa shape index (κ1) is 47.1. The van der Waals surface area contributed by atoms with Crippen LogP contribution in [0.3, 0.4) is 0 Å². The van der Waals surface area contributed by atoms with E-state index in [0.717, 1.165) is 35.1 Å². The standard InChI is InChI=1S/C26H40N7O19P3S/c1-13(25(39)40)8-16(35)56-7-6-28-15(34)4-5-29-23(38)20(37)26(2,3)10-49-55(46,47)52-54(44,45)48-9-14-19(51-53(41,42)43)18(36)24(50-14)33-12-32-17-21(27)30-11-31-22(17)33/h8,11-12,14,18-20,24,36-37H,4-7,9-10H2,1-3H3,(H,28,34)(H,29,38)(H,39,40)(H,44,45)(H,46,47)(H2,27,30,31)(H2,41,42,43)/b13-8-/t14-,18-,19-,20+,24-/m1/s1. The number of carboxylic acid groups (broad SMARTS) is 1. The number of aliphatic carboxylic acids is 1. The molecule has 11 N–H and O–H groups in total.